The molecule has 1 aromatic heterocycles. The number of hydrogen-bond donors (Lipinski definition) is 0. The first-order chi connectivity index (χ1) is 15.1. The van der Waals surface area contributed by atoms with Gasteiger partial charge in [-0.3, -0.25) is 4.79 Å². The minimum absolute atomic E-state index is 0.0215. The van der Waals surface area contributed by atoms with E-state index in [4.69, 9.17) is 13.9 Å². The van der Waals surface area contributed by atoms with Gasteiger partial charge in [0.1, 0.15) is 11.5 Å². The van der Waals surface area contributed by atoms with Crippen molar-refractivity contribution in [1.82, 2.24) is 4.90 Å². The molecule has 1 amide bonds. The Morgan fingerprint density at radius 1 is 0.903 bits per heavy atom. The van der Waals surface area contributed by atoms with Crippen LogP contribution in [0.2, 0.25) is 0 Å². The Balaban J connectivity index is 1.52. The highest BCUT2D eigenvalue weighted by molar-refractivity contribution is 5.94. The van der Waals surface area contributed by atoms with Crippen molar-refractivity contribution in [2.45, 2.75) is 52.6 Å². The van der Waals surface area contributed by atoms with Gasteiger partial charge in [-0.2, -0.15) is 0 Å². The van der Waals surface area contributed by atoms with Crippen LogP contribution in [-0.2, 0) is 19.5 Å². The van der Waals surface area contributed by atoms with Crippen LogP contribution in [-0.4, -0.2) is 17.6 Å². The summed E-state index contributed by atoms with van der Waals surface area (Å²) >= 11 is 0. The van der Waals surface area contributed by atoms with E-state index in [0.29, 0.717) is 18.7 Å². The lowest BCUT2D eigenvalue weighted by Crippen LogP contribution is -2.30. The van der Waals surface area contributed by atoms with Crippen molar-refractivity contribution in [3.05, 3.63) is 82.8 Å². The molecule has 1 aliphatic rings. The Morgan fingerprint density at radius 3 is 2.42 bits per heavy atom. The second kappa shape index (κ2) is 9.73. The first kappa shape index (κ1) is 21.0. The molecule has 0 radical (unpaired) electrons. The van der Waals surface area contributed by atoms with Gasteiger partial charge in [0.05, 0.1) is 6.54 Å². The first-order valence-electron chi connectivity index (χ1n) is 10.9. The summed E-state index contributed by atoms with van der Waals surface area (Å²) in [5, 5.41) is 0. The van der Waals surface area contributed by atoms with Gasteiger partial charge < -0.3 is 18.8 Å². The molecule has 1 aliphatic heterocycles. The van der Waals surface area contributed by atoms with Crippen LogP contribution in [0.4, 0.5) is 0 Å². The molecule has 31 heavy (non-hydrogen) atoms. The molecule has 0 bridgehead atoms. The highest BCUT2D eigenvalue weighted by Crippen LogP contribution is 2.33. The van der Waals surface area contributed by atoms with Crippen LogP contribution in [0.5, 0.6) is 11.5 Å². The van der Waals surface area contributed by atoms with E-state index in [2.05, 4.69) is 19.1 Å². The third-order valence-corrected chi connectivity index (χ3v) is 5.51. The number of ether oxygens (including phenoxy) is 2. The molecule has 2 aromatic carbocycles. The number of carbonyl (C=O) groups is 1. The van der Waals surface area contributed by atoms with Gasteiger partial charge in [0.2, 0.25) is 6.79 Å². The second-order valence-corrected chi connectivity index (χ2v) is 8.02. The number of nitrogens with zero attached hydrogens (tertiary/aromatic N) is 1. The highest BCUT2D eigenvalue weighted by atomic mass is 16.7. The summed E-state index contributed by atoms with van der Waals surface area (Å²) < 4.78 is 16.6. The van der Waals surface area contributed by atoms with Crippen molar-refractivity contribution >= 4 is 5.91 Å². The molecule has 3 aromatic rings. The first-order valence-corrected chi connectivity index (χ1v) is 10.9. The molecular weight excluding hydrogens is 390 g/mol. The molecule has 4 rings (SSSR count). The number of hydrogen-bond acceptors (Lipinski definition) is 4. The predicted octanol–water partition coefficient (Wildman–Crippen LogP) is 5.89. The molecule has 2 heterocycles. The van der Waals surface area contributed by atoms with Gasteiger partial charge in [0.25, 0.3) is 5.91 Å². The van der Waals surface area contributed by atoms with Crippen LogP contribution >= 0.6 is 0 Å². The van der Waals surface area contributed by atoms with E-state index >= 15 is 0 Å². The maximum absolute atomic E-state index is 13.4. The van der Waals surface area contributed by atoms with Crippen LogP contribution in [0.15, 0.2) is 59.0 Å². The van der Waals surface area contributed by atoms with Crippen LogP contribution in [0.3, 0.4) is 0 Å². The van der Waals surface area contributed by atoms with E-state index in [9.17, 15) is 4.79 Å². The number of amides is 1. The number of rotatable bonds is 9. The van der Waals surface area contributed by atoms with E-state index in [1.807, 2.05) is 54.3 Å². The van der Waals surface area contributed by atoms with Crippen molar-refractivity contribution in [2.75, 3.05) is 6.79 Å². The third kappa shape index (κ3) is 5.29. The highest BCUT2D eigenvalue weighted by Gasteiger charge is 2.20. The number of furan rings is 1. The van der Waals surface area contributed by atoms with Gasteiger partial charge in [-0.25, -0.2) is 0 Å². The standard InChI is InChI=1S/C26H29NO4/c1-3-4-5-6-20-8-11-22(12-9-20)26(28)27(17-23-13-7-19(2)31-23)16-21-10-14-24-25(15-21)30-18-29-24/h7-15H,3-6,16-18H2,1-2H3. The summed E-state index contributed by atoms with van der Waals surface area (Å²) in [6.45, 7) is 5.20. The number of carbonyl (C=O) groups excluding carboxylic acids is 1. The summed E-state index contributed by atoms with van der Waals surface area (Å²) in [6, 6.07) is 17.6. The molecular formula is C26H29NO4. The molecule has 0 saturated heterocycles. The Bertz CT molecular complexity index is 1020. The fourth-order valence-electron chi connectivity index (χ4n) is 3.79. The SMILES string of the molecule is CCCCCc1ccc(C(=O)N(Cc2ccc3c(c2)OCO3)Cc2ccc(C)o2)cc1. The maximum atomic E-state index is 13.4. The number of unbranched alkanes of at least 4 members (excludes halogenated alkanes) is 2. The summed E-state index contributed by atoms with van der Waals surface area (Å²) in [5.74, 6) is 3.04. The minimum atomic E-state index is -0.0215. The Labute approximate surface area is 183 Å². The van der Waals surface area contributed by atoms with Gasteiger partial charge in [0.15, 0.2) is 11.5 Å². The molecule has 5 nitrogen and oxygen atoms in total. The topological polar surface area (TPSA) is 51.9 Å². The molecule has 0 N–H and O–H groups in total. The van der Waals surface area contributed by atoms with Gasteiger partial charge in [-0.1, -0.05) is 38.0 Å². The molecule has 0 saturated carbocycles. The fourth-order valence-corrected chi connectivity index (χ4v) is 3.79. The molecule has 5 heteroatoms. The van der Waals surface area contributed by atoms with Crippen molar-refractivity contribution in [3.8, 4) is 11.5 Å². The number of aryl methyl sites for hydroxylation is 2. The minimum Gasteiger partial charge on any atom is -0.464 e. The third-order valence-electron chi connectivity index (χ3n) is 5.51. The lowest BCUT2D eigenvalue weighted by atomic mass is 10.0. The Kier molecular flexibility index (Phi) is 6.60. The van der Waals surface area contributed by atoms with E-state index in [1.54, 1.807) is 0 Å². The predicted molar refractivity (Wildman–Crippen MR) is 119 cm³/mol. The average Bonchev–Trinajstić information content (AvgIpc) is 3.41. The van der Waals surface area contributed by atoms with Crippen molar-refractivity contribution in [2.24, 2.45) is 0 Å². The maximum Gasteiger partial charge on any atom is 0.254 e. The van der Waals surface area contributed by atoms with Crippen LogP contribution in [0, 0.1) is 6.92 Å². The Morgan fingerprint density at radius 2 is 1.68 bits per heavy atom. The van der Waals surface area contributed by atoms with E-state index in [-0.39, 0.29) is 12.7 Å². The second-order valence-electron chi connectivity index (χ2n) is 8.02. The summed E-state index contributed by atoms with van der Waals surface area (Å²) in [5.41, 5.74) is 2.94. The average molecular weight is 420 g/mol. The zero-order chi connectivity index (χ0) is 21.6. The van der Waals surface area contributed by atoms with Crippen LogP contribution < -0.4 is 9.47 Å². The summed E-state index contributed by atoms with van der Waals surface area (Å²) in [4.78, 5) is 15.2. The summed E-state index contributed by atoms with van der Waals surface area (Å²) in [7, 11) is 0. The summed E-state index contributed by atoms with van der Waals surface area (Å²) in [6.07, 6.45) is 4.66. The van der Waals surface area contributed by atoms with Gasteiger partial charge in [-0.15, -0.1) is 0 Å². The monoisotopic (exact) mass is 419 g/mol. The van der Waals surface area contributed by atoms with Gasteiger partial charge in [0, 0.05) is 12.1 Å². The van der Waals surface area contributed by atoms with Crippen LogP contribution in [0.1, 0.15) is 59.2 Å². The van der Waals surface area contributed by atoms with Crippen molar-refractivity contribution in [1.29, 1.82) is 0 Å². The molecule has 162 valence electrons. The normalized spacial score (nSPS) is 12.2. The van der Waals surface area contributed by atoms with E-state index in [1.165, 1.54) is 24.8 Å². The van der Waals surface area contributed by atoms with Gasteiger partial charge >= 0.3 is 0 Å². The fraction of sp³-hybridized carbons (Fsp3) is 0.346. The molecule has 0 aliphatic carbocycles. The number of fused-ring (bicyclic) bond motifs is 1. The van der Waals surface area contributed by atoms with Gasteiger partial charge in [-0.05, 0) is 67.3 Å². The molecule has 0 spiro atoms. The van der Waals surface area contributed by atoms with E-state index < -0.39 is 0 Å². The smallest absolute Gasteiger partial charge is 0.254 e. The molecule has 0 fully saturated rings. The number of benzene rings is 2. The van der Waals surface area contributed by atoms with Crippen molar-refractivity contribution in [3.63, 3.8) is 0 Å². The zero-order valence-electron chi connectivity index (χ0n) is 18.2. The molecule has 0 unspecified atom stereocenters. The lowest BCUT2D eigenvalue weighted by molar-refractivity contribution is 0.0717. The molecule has 0 atom stereocenters. The van der Waals surface area contributed by atoms with Crippen molar-refractivity contribution < 1.29 is 18.7 Å². The largest absolute Gasteiger partial charge is 0.464 e. The zero-order valence-corrected chi connectivity index (χ0v) is 18.2. The Hall–Kier alpha value is -3.21. The lowest BCUT2D eigenvalue weighted by Gasteiger charge is -2.22. The van der Waals surface area contributed by atoms with E-state index in [0.717, 1.165) is 35.0 Å². The quantitative estimate of drug-likeness (QED) is 0.406. The van der Waals surface area contributed by atoms with Crippen LogP contribution in [0.25, 0.3) is 0 Å².